The number of alkyl halides is 3. The number of halogens is 3. The van der Waals surface area contributed by atoms with E-state index < -0.39 is 29.6 Å². The van der Waals surface area contributed by atoms with E-state index >= 15 is 0 Å². The molecule has 0 radical (unpaired) electrons. The van der Waals surface area contributed by atoms with Crippen molar-refractivity contribution in [3.8, 4) is 0 Å². The van der Waals surface area contributed by atoms with Crippen LogP contribution < -0.4 is 16.0 Å². The van der Waals surface area contributed by atoms with E-state index in [-0.39, 0.29) is 29.3 Å². The van der Waals surface area contributed by atoms with E-state index in [1.54, 1.807) is 24.3 Å². The molecule has 3 N–H and O–H groups in total. The van der Waals surface area contributed by atoms with Gasteiger partial charge in [0.25, 0.3) is 5.91 Å². The van der Waals surface area contributed by atoms with Crippen LogP contribution in [0.2, 0.25) is 0 Å². The van der Waals surface area contributed by atoms with E-state index in [9.17, 15) is 27.6 Å². The molecule has 1 aromatic heterocycles. The van der Waals surface area contributed by atoms with Gasteiger partial charge in [0.1, 0.15) is 0 Å². The van der Waals surface area contributed by atoms with Crippen molar-refractivity contribution in [1.82, 2.24) is 5.32 Å². The molecule has 33 heavy (non-hydrogen) atoms. The summed E-state index contributed by atoms with van der Waals surface area (Å²) in [5, 5.41) is 9.63. The van der Waals surface area contributed by atoms with Crippen molar-refractivity contribution in [3.05, 3.63) is 82.0 Å². The Morgan fingerprint density at radius 3 is 2.39 bits per heavy atom. The first-order valence-corrected chi connectivity index (χ1v) is 10.7. The Labute approximate surface area is 191 Å². The smallest absolute Gasteiger partial charge is 0.348 e. The van der Waals surface area contributed by atoms with Gasteiger partial charge in [-0.05, 0) is 41.8 Å². The van der Waals surface area contributed by atoms with Gasteiger partial charge in [0.2, 0.25) is 11.8 Å². The summed E-state index contributed by atoms with van der Waals surface area (Å²) in [6.07, 6.45) is -4.61. The lowest BCUT2D eigenvalue weighted by Crippen LogP contribution is -2.29. The van der Waals surface area contributed by atoms with Gasteiger partial charge in [-0.2, -0.15) is 13.2 Å². The summed E-state index contributed by atoms with van der Waals surface area (Å²) in [4.78, 5) is 37.7. The minimum atomic E-state index is -4.54. The van der Waals surface area contributed by atoms with Crippen molar-refractivity contribution in [1.29, 1.82) is 0 Å². The predicted octanol–water partition coefficient (Wildman–Crippen LogP) is 5.23. The number of carbonyl (C=O) groups is 3. The average molecular weight is 475 g/mol. The van der Waals surface area contributed by atoms with E-state index in [1.807, 2.05) is 5.38 Å². The number of rotatable bonds is 7. The highest BCUT2D eigenvalue weighted by molar-refractivity contribution is 7.10. The molecule has 0 saturated heterocycles. The monoisotopic (exact) mass is 475 g/mol. The van der Waals surface area contributed by atoms with Crippen LogP contribution in [-0.2, 0) is 15.8 Å². The molecule has 3 rings (SSSR count). The molecule has 0 aliphatic heterocycles. The molecule has 3 aromatic rings. The number of benzene rings is 2. The Bertz CT molecular complexity index is 1150. The van der Waals surface area contributed by atoms with Gasteiger partial charge in [-0.25, -0.2) is 0 Å². The van der Waals surface area contributed by atoms with Gasteiger partial charge in [-0.1, -0.05) is 24.3 Å². The summed E-state index contributed by atoms with van der Waals surface area (Å²) in [6.45, 7) is 1.35. The Morgan fingerprint density at radius 1 is 0.970 bits per heavy atom. The third-order valence-corrected chi connectivity index (χ3v) is 5.53. The van der Waals surface area contributed by atoms with Crippen molar-refractivity contribution in [2.24, 2.45) is 0 Å². The molecule has 10 heteroatoms. The normalized spacial score (nSPS) is 12.0. The number of amides is 3. The summed E-state index contributed by atoms with van der Waals surface area (Å²) in [5.41, 5.74) is -0.644. The van der Waals surface area contributed by atoms with Gasteiger partial charge in [-0.15, -0.1) is 11.3 Å². The molecule has 0 spiro atoms. The molecule has 3 amide bonds. The third-order valence-electron chi connectivity index (χ3n) is 4.55. The molecule has 0 fully saturated rings. The lowest BCUT2D eigenvalue weighted by molar-refractivity contribution is -0.137. The highest BCUT2D eigenvalue weighted by Gasteiger charge is 2.30. The van der Waals surface area contributed by atoms with Crippen molar-refractivity contribution in [2.75, 3.05) is 10.6 Å². The summed E-state index contributed by atoms with van der Waals surface area (Å²) in [5.74, 6) is -1.41. The Balaban J connectivity index is 1.74. The maximum atomic E-state index is 12.9. The van der Waals surface area contributed by atoms with Crippen molar-refractivity contribution < 1.29 is 27.6 Å². The molecule has 0 aliphatic rings. The second kappa shape index (κ2) is 10.3. The minimum Gasteiger partial charge on any atom is -0.348 e. The summed E-state index contributed by atoms with van der Waals surface area (Å²) >= 11 is 1.39. The fourth-order valence-corrected chi connectivity index (χ4v) is 3.88. The lowest BCUT2D eigenvalue weighted by Gasteiger charge is -2.17. The number of anilines is 2. The van der Waals surface area contributed by atoms with Crippen LogP contribution >= 0.6 is 11.3 Å². The standard InChI is InChI=1S/C23H20F3N3O3S/c1-14(30)27-19(20-10-5-11-33-20)13-21(31)29-18-9-3-2-8-17(18)22(32)28-16-7-4-6-15(12-16)23(24,25)26/h2-12,19H,13H2,1H3,(H,27,30)(H,28,32)(H,29,31). The second-order valence-corrected chi connectivity index (χ2v) is 8.08. The van der Waals surface area contributed by atoms with Crippen LogP contribution in [0.15, 0.2) is 66.0 Å². The molecule has 0 aliphatic carbocycles. The zero-order chi connectivity index (χ0) is 24.0. The molecule has 1 atom stereocenters. The molecule has 1 heterocycles. The van der Waals surface area contributed by atoms with Gasteiger partial charge in [0.15, 0.2) is 0 Å². The van der Waals surface area contributed by atoms with Crippen LogP contribution in [0.1, 0.15) is 40.2 Å². The Hall–Kier alpha value is -3.66. The Morgan fingerprint density at radius 2 is 1.73 bits per heavy atom. The average Bonchev–Trinajstić information content (AvgIpc) is 3.28. The number of hydrogen-bond donors (Lipinski definition) is 3. The first kappa shape index (κ1) is 24.0. The first-order chi connectivity index (χ1) is 15.6. The molecular weight excluding hydrogens is 455 g/mol. The molecule has 6 nitrogen and oxygen atoms in total. The van der Waals surface area contributed by atoms with Crippen LogP contribution in [0.25, 0.3) is 0 Å². The highest BCUT2D eigenvalue weighted by atomic mass is 32.1. The maximum Gasteiger partial charge on any atom is 0.416 e. The highest BCUT2D eigenvalue weighted by Crippen LogP contribution is 2.31. The number of nitrogens with one attached hydrogen (secondary N) is 3. The van der Waals surface area contributed by atoms with E-state index in [1.165, 1.54) is 42.5 Å². The van der Waals surface area contributed by atoms with Crippen molar-refractivity contribution >= 4 is 40.4 Å². The number of thiophene rings is 1. The molecule has 0 bridgehead atoms. The summed E-state index contributed by atoms with van der Waals surface area (Å²) in [7, 11) is 0. The largest absolute Gasteiger partial charge is 0.416 e. The van der Waals surface area contributed by atoms with E-state index in [0.717, 1.165) is 17.0 Å². The molecule has 172 valence electrons. The van der Waals surface area contributed by atoms with Gasteiger partial charge >= 0.3 is 6.18 Å². The lowest BCUT2D eigenvalue weighted by atomic mass is 10.1. The van der Waals surface area contributed by atoms with E-state index in [0.29, 0.717) is 0 Å². The number of hydrogen-bond acceptors (Lipinski definition) is 4. The number of carbonyl (C=O) groups excluding carboxylic acids is 3. The quantitative estimate of drug-likeness (QED) is 0.438. The molecule has 0 saturated carbocycles. The van der Waals surface area contributed by atoms with Gasteiger partial charge in [-0.3, -0.25) is 14.4 Å². The number of para-hydroxylation sites is 1. The molecular formula is C23H20F3N3O3S. The fraction of sp³-hybridized carbons (Fsp3) is 0.174. The first-order valence-electron chi connectivity index (χ1n) is 9.81. The van der Waals surface area contributed by atoms with Crippen LogP contribution in [0.5, 0.6) is 0 Å². The maximum absolute atomic E-state index is 12.9. The van der Waals surface area contributed by atoms with Gasteiger partial charge < -0.3 is 16.0 Å². The van der Waals surface area contributed by atoms with Crippen molar-refractivity contribution in [2.45, 2.75) is 25.6 Å². The zero-order valence-corrected chi connectivity index (χ0v) is 18.2. The van der Waals surface area contributed by atoms with E-state index in [4.69, 9.17) is 0 Å². The minimum absolute atomic E-state index is 0.0284. The predicted molar refractivity (Wildman–Crippen MR) is 120 cm³/mol. The van der Waals surface area contributed by atoms with Crippen LogP contribution in [0.4, 0.5) is 24.5 Å². The third kappa shape index (κ3) is 6.66. The molecule has 1 unspecified atom stereocenters. The molecule has 2 aromatic carbocycles. The van der Waals surface area contributed by atoms with Gasteiger partial charge in [0.05, 0.1) is 29.3 Å². The van der Waals surface area contributed by atoms with E-state index in [2.05, 4.69) is 16.0 Å². The topological polar surface area (TPSA) is 87.3 Å². The van der Waals surface area contributed by atoms with Gasteiger partial charge in [0, 0.05) is 17.5 Å². The fourth-order valence-electron chi connectivity index (χ4n) is 3.11. The van der Waals surface area contributed by atoms with Crippen molar-refractivity contribution in [3.63, 3.8) is 0 Å². The zero-order valence-electron chi connectivity index (χ0n) is 17.4. The summed E-state index contributed by atoms with van der Waals surface area (Å²) < 4.78 is 38.8. The van der Waals surface area contributed by atoms with Crippen LogP contribution in [0.3, 0.4) is 0 Å². The second-order valence-electron chi connectivity index (χ2n) is 7.10. The SMILES string of the molecule is CC(=O)NC(CC(=O)Nc1ccccc1C(=O)Nc1cccc(C(F)(F)F)c1)c1cccs1. The Kier molecular flexibility index (Phi) is 7.49. The van der Waals surface area contributed by atoms with Crippen LogP contribution in [-0.4, -0.2) is 17.7 Å². The van der Waals surface area contributed by atoms with Crippen LogP contribution in [0, 0.1) is 0 Å². The summed E-state index contributed by atoms with van der Waals surface area (Å²) in [6, 6.07) is 13.5.